The molecule has 0 heterocycles. The number of carbonyl (C=O) groups is 2. The molecule has 0 radical (unpaired) electrons. The van der Waals surface area contributed by atoms with Gasteiger partial charge in [0, 0.05) is 23.1 Å². The van der Waals surface area contributed by atoms with E-state index in [1.807, 2.05) is 37.3 Å². The standard InChI is InChI=1S/C21H18O3/c1-3-20(22)16-10-9-15-11-17(24-2)13-19(18(15)12-16)21(23)14-7-5-4-6-8-14/h4-13H,3H2,1-2H3. The Bertz CT molecular complexity index is 911. The van der Waals surface area contributed by atoms with Gasteiger partial charge in [0.1, 0.15) is 5.75 Å². The van der Waals surface area contributed by atoms with Gasteiger partial charge >= 0.3 is 0 Å². The lowest BCUT2D eigenvalue weighted by Gasteiger charge is -2.11. The van der Waals surface area contributed by atoms with Gasteiger partial charge in [0.15, 0.2) is 11.6 Å². The normalized spacial score (nSPS) is 10.6. The average Bonchev–Trinajstić information content (AvgIpc) is 2.66. The summed E-state index contributed by atoms with van der Waals surface area (Å²) in [4.78, 5) is 25.0. The molecule has 0 fully saturated rings. The highest BCUT2D eigenvalue weighted by Gasteiger charge is 2.16. The maximum atomic E-state index is 12.9. The van der Waals surface area contributed by atoms with E-state index >= 15 is 0 Å². The van der Waals surface area contributed by atoms with Gasteiger partial charge in [0.2, 0.25) is 0 Å². The maximum Gasteiger partial charge on any atom is 0.193 e. The lowest BCUT2D eigenvalue weighted by molar-refractivity contribution is 0.0986. The summed E-state index contributed by atoms with van der Waals surface area (Å²) in [6.07, 6.45) is 0.434. The second kappa shape index (κ2) is 6.67. The Morgan fingerprint density at radius 3 is 2.33 bits per heavy atom. The summed E-state index contributed by atoms with van der Waals surface area (Å²) in [5.74, 6) is 0.600. The molecule has 3 heteroatoms. The third-order valence-corrected chi connectivity index (χ3v) is 4.09. The van der Waals surface area contributed by atoms with E-state index in [4.69, 9.17) is 4.74 Å². The number of carbonyl (C=O) groups excluding carboxylic acids is 2. The number of fused-ring (bicyclic) bond motifs is 1. The maximum absolute atomic E-state index is 12.9. The number of hydrogen-bond donors (Lipinski definition) is 0. The molecule has 3 rings (SSSR count). The van der Waals surface area contributed by atoms with Gasteiger partial charge in [0.25, 0.3) is 0 Å². The Labute approximate surface area is 140 Å². The fourth-order valence-electron chi connectivity index (χ4n) is 2.76. The molecule has 0 saturated heterocycles. The molecule has 0 N–H and O–H groups in total. The predicted octanol–water partition coefficient (Wildman–Crippen LogP) is 4.67. The zero-order valence-corrected chi connectivity index (χ0v) is 13.7. The van der Waals surface area contributed by atoms with Crippen LogP contribution in [0.2, 0.25) is 0 Å². The summed E-state index contributed by atoms with van der Waals surface area (Å²) in [5, 5.41) is 1.64. The largest absolute Gasteiger partial charge is 0.497 e. The molecule has 24 heavy (non-hydrogen) atoms. The van der Waals surface area contributed by atoms with Crippen molar-refractivity contribution in [3.8, 4) is 5.75 Å². The van der Waals surface area contributed by atoms with Crippen LogP contribution in [0.4, 0.5) is 0 Å². The van der Waals surface area contributed by atoms with Crippen LogP contribution < -0.4 is 4.74 Å². The molecule has 0 unspecified atom stereocenters. The highest BCUT2D eigenvalue weighted by molar-refractivity contribution is 6.17. The van der Waals surface area contributed by atoms with Crippen LogP contribution in [0.1, 0.15) is 39.6 Å². The van der Waals surface area contributed by atoms with Gasteiger partial charge in [-0.1, -0.05) is 49.4 Å². The molecule has 0 atom stereocenters. The minimum atomic E-state index is -0.0828. The zero-order valence-electron chi connectivity index (χ0n) is 13.7. The van der Waals surface area contributed by atoms with E-state index in [-0.39, 0.29) is 11.6 Å². The average molecular weight is 318 g/mol. The molecule has 0 aliphatic rings. The first-order valence-corrected chi connectivity index (χ1v) is 7.88. The highest BCUT2D eigenvalue weighted by atomic mass is 16.5. The van der Waals surface area contributed by atoms with Crippen molar-refractivity contribution in [3.63, 3.8) is 0 Å². The first-order valence-electron chi connectivity index (χ1n) is 7.88. The van der Waals surface area contributed by atoms with Crippen LogP contribution >= 0.6 is 0 Å². The highest BCUT2D eigenvalue weighted by Crippen LogP contribution is 2.28. The van der Waals surface area contributed by atoms with Crippen molar-refractivity contribution >= 4 is 22.3 Å². The van der Waals surface area contributed by atoms with Gasteiger partial charge in [-0.15, -0.1) is 0 Å². The van der Waals surface area contributed by atoms with E-state index in [9.17, 15) is 9.59 Å². The molecule has 0 saturated carbocycles. The third kappa shape index (κ3) is 2.93. The number of ether oxygens (including phenoxy) is 1. The van der Waals surface area contributed by atoms with Crippen LogP contribution in [0.25, 0.3) is 10.8 Å². The molecule has 0 aliphatic heterocycles. The van der Waals surface area contributed by atoms with Crippen molar-refractivity contribution in [2.75, 3.05) is 7.11 Å². The van der Waals surface area contributed by atoms with Gasteiger partial charge in [-0.05, 0) is 29.0 Å². The van der Waals surface area contributed by atoms with Crippen molar-refractivity contribution < 1.29 is 14.3 Å². The number of benzene rings is 3. The van der Waals surface area contributed by atoms with Gasteiger partial charge in [-0.25, -0.2) is 0 Å². The SMILES string of the molecule is CCC(=O)c1ccc2cc(OC)cc(C(=O)c3ccccc3)c2c1. The minimum absolute atomic E-state index is 0.0610. The minimum Gasteiger partial charge on any atom is -0.497 e. The molecule has 3 nitrogen and oxygen atoms in total. The fourth-order valence-corrected chi connectivity index (χ4v) is 2.76. The van der Waals surface area contributed by atoms with Gasteiger partial charge in [0.05, 0.1) is 7.11 Å². The quantitative estimate of drug-likeness (QED) is 0.642. The molecule has 120 valence electrons. The monoisotopic (exact) mass is 318 g/mol. The van der Waals surface area contributed by atoms with E-state index < -0.39 is 0 Å². The van der Waals surface area contributed by atoms with Crippen molar-refractivity contribution in [1.29, 1.82) is 0 Å². The molecule has 0 aliphatic carbocycles. The summed E-state index contributed by atoms with van der Waals surface area (Å²) in [6.45, 7) is 1.83. The zero-order chi connectivity index (χ0) is 17.1. The Morgan fingerprint density at radius 1 is 0.917 bits per heavy atom. The van der Waals surface area contributed by atoms with Crippen LogP contribution in [-0.2, 0) is 0 Å². The Kier molecular flexibility index (Phi) is 4.43. The van der Waals surface area contributed by atoms with Crippen LogP contribution in [0.3, 0.4) is 0 Å². The molecule has 0 spiro atoms. The molecule has 0 bridgehead atoms. The van der Waals surface area contributed by atoms with Crippen LogP contribution in [0, 0.1) is 0 Å². The molecule has 0 aromatic heterocycles. The van der Waals surface area contributed by atoms with E-state index in [0.717, 1.165) is 10.8 Å². The summed E-state index contributed by atoms with van der Waals surface area (Å²) in [6, 6.07) is 18.2. The number of ketones is 2. The summed E-state index contributed by atoms with van der Waals surface area (Å²) < 4.78 is 5.33. The Hall–Kier alpha value is -2.94. The molecular weight excluding hydrogens is 300 g/mol. The third-order valence-electron chi connectivity index (χ3n) is 4.09. The number of Topliss-reactive ketones (excluding diaryl/α,β-unsaturated/α-hetero) is 1. The summed E-state index contributed by atoms with van der Waals surface area (Å²) >= 11 is 0. The smallest absolute Gasteiger partial charge is 0.193 e. The van der Waals surface area contributed by atoms with Crippen LogP contribution in [0.15, 0.2) is 60.7 Å². The van der Waals surface area contributed by atoms with Crippen molar-refractivity contribution in [2.45, 2.75) is 13.3 Å². The van der Waals surface area contributed by atoms with Crippen molar-refractivity contribution in [2.24, 2.45) is 0 Å². The van der Waals surface area contributed by atoms with E-state index in [1.54, 1.807) is 37.4 Å². The molecular formula is C21H18O3. The predicted molar refractivity (Wildman–Crippen MR) is 95.0 cm³/mol. The lowest BCUT2D eigenvalue weighted by atomic mass is 9.94. The molecule has 0 amide bonds. The number of rotatable bonds is 5. The van der Waals surface area contributed by atoms with Crippen molar-refractivity contribution in [3.05, 3.63) is 77.4 Å². The topological polar surface area (TPSA) is 43.4 Å². The second-order valence-electron chi connectivity index (χ2n) is 5.58. The number of hydrogen-bond acceptors (Lipinski definition) is 3. The first kappa shape index (κ1) is 15.9. The molecule has 3 aromatic rings. The van der Waals surface area contributed by atoms with Crippen LogP contribution in [-0.4, -0.2) is 18.7 Å². The van der Waals surface area contributed by atoms with Crippen LogP contribution in [0.5, 0.6) is 5.75 Å². The van der Waals surface area contributed by atoms with Gasteiger partial charge in [-0.2, -0.15) is 0 Å². The fraction of sp³-hybridized carbons (Fsp3) is 0.143. The van der Waals surface area contributed by atoms with E-state index in [1.165, 1.54) is 0 Å². The van der Waals surface area contributed by atoms with Gasteiger partial charge in [-0.3, -0.25) is 9.59 Å². The summed E-state index contributed by atoms with van der Waals surface area (Å²) in [7, 11) is 1.58. The second-order valence-corrected chi connectivity index (χ2v) is 5.58. The van der Waals surface area contributed by atoms with Crippen molar-refractivity contribution in [1.82, 2.24) is 0 Å². The van der Waals surface area contributed by atoms with E-state index in [2.05, 4.69) is 0 Å². The summed E-state index contributed by atoms with van der Waals surface area (Å²) in [5.41, 5.74) is 1.78. The first-order chi connectivity index (χ1) is 11.6. The number of methoxy groups -OCH3 is 1. The molecule has 3 aromatic carbocycles. The lowest BCUT2D eigenvalue weighted by Crippen LogP contribution is -2.04. The van der Waals surface area contributed by atoms with E-state index in [0.29, 0.717) is 28.9 Å². The Morgan fingerprint density at radius 2 is 1.67 bits per heavy atom. The Balaban J connectivity index is 2.23. The van der Waals surface area contributed by atoms with Gasteiger partial charge < -0.3 is 4.74 Å².